The van der Waals surface area contributed by atoms with Crippen molar-refractivity contribution in [3.63, 3.8) is 0 Å². The fourth-order valence-corrected chi connectivity index (χ4v) is 3.08. The maximum Gasteiger partial charge on any atom is 0.322 e. The molecule has 3 aromatic heterocycles. The number of benzene rings is 1. The zero-order valence-electron chi connectivity index (χ0n) is 13.5. The van der Waals surface area contributed by atoms with Crippen molar-refractivity contribution in [1.29, 1.82) is 0 Å². The number of carbonyl (C=O) groups is 1. The van der Waals surface area contributed by atoms with Crippen molar-refractivity contribution in [2.75, 3.05) is 5.32 Å². The number of carbonyl (C=O) groups excluding carboxylic acids is 1. The highest BCUT2D eigenvalue weighted by molar-refractivity contribution is 7.08. The highest BCUT2D eigenvalue weighted by Gasteiger charge is 2.12. The molecule has 0 saturated carbocycles. The molecule has 4 aromatic rings. The first-order chi connectivity index (χ1) is 12.7. The van der Waals surface area contributed by atoms with Crippen LogP contribution < -0.4 is 10.9 Å². The van der Waals surface area contributed by atoms with Crippen molar-refractivity contribution in [1.82, 2.24) is 19.7 Å². The second kappa shape index (κ2) is 6.89. The van der Waals surface area contributed by atoms with Gasteiger partial charge in [-0.25, -0.2) is 4.98 Å². The standard InChI is InChI=1S/C17H13N5O3S/c23-14(19-17-21-20-15(25-17)11-6-8-26-9-11)5-7-22-10-18-13-4-2-1-3-12(13)16(22)24/h1-4,6,8-10H,5,7H2,(H,19,21,23). The van der Waals surface area contributed by atoms with Crippen molar-refractivity contribution in [2.45, 2.75) is 13.0 Å². The maximum absolute atomic E-state index is 12.4. The number of thiophene rings is 1. The molecule has 0 unspecified atom stereocenters. The number of hydrogen-bond acceptors (Lipinski definition) is 7. The van der Waals surface area contributed by atoms with E-state index in [1.165, 1.54) is 22.2 Å². The number of hydrogen-bond donors (Lipinski definition) is 1. The number of aromatic nitrogens is 4. The molecule has 1 aromatic carbocycles. The van der Waals surface area contributed by atoms with Crippen molar-refractivity contribution >= 4 is 34.2 Å². The van der Waals surface area contributed by atoms with E-state index in [9.17, 15) is 9.59 Å². The molecular formula is C17H13N5O3S. The van der Waals surface area contributed by atoms with E-state index < -0.39 is 0 Å². The van der Waals surface area contributed by atoms with Gasteiger partial charge in [0.2, 0.25) is 5.91 Å². The monoisotopic (exact) mass is 367 g/mol. The Hall–Kier alpha value is -3.33. The highest BCUT2D eigenvalue weighted by Crippen LogP contribution is 2.22. The molecule has 0 bridgehead atoms. The first kappa shape index (κ1) is 16.2. The van der Waals surface area contributed by atoms with Crippen molar-refractivity contribution < 1.29 is 9.21 Å². The van der Waals surface area contributed by atoms with E-state index in [4.69, 9.17) is 4.42 Å². The Labute approximate surface area is 151 Å². The summed E-state index contributed by atoms with van der Waals surface area (Å²) in [4.78, 5) is 28.7. The number of anilines is 1. The molecule has 0 fully saturated rings. The lowest BCUT2D eigenvalue weighted by Crippen LogP contribution is -2.23. The molecule has 0 aliphatic carbocycles. The van der Waals surface area contributed by atoms with Crippen LogP contribution in [0, 0.1) is 0 Å². The fourth-order valence-electron chi connectivity index (χ4n) is 2.45. The van der Waals surface area contributed by atoms with Gasteiger partial charge in [-0.3, -0.25) is 19.5 Å². The Kier molecular flexibility index (Phi) is 4.28. The minimum absolute atomic E-state index is 0.0279. The average molecular weight is 367 g/mol. The molecule has 0 saturated heterocycles. The summed E-state index contributed by atoms with van der Waals surface area (Å²) in [6.45, 7) is 0.202. The first-order valence-electron chi connectivity index (χ1n) is 7.81. The number of nitrogens with zero attached hydrogens (tertiary/aromatic N) is 4. The average Bonchev–Trinajstić information content (AvgIpc) is 3.33. The van der Waals surface area contributed by atoms with Gasteiger partial charge in [0, 0.05) is 23.9 Å². The molecule has 3 heterocycles. The highest BCUT2D eigenvalue weighted by atomic mass is 32.1. The van der Waals surface area contributed by atoms with Crippen molar-refractivity contribution in [2.24, 2.45) is 0 Å². The predicted molar refractivity (Wildman–Crippen MR) is 96.9 cm³/mol. The van der Waals surface area contributed by atoms with Crippen molar-refractivity contribution in [3.05, 3.63) is 57.8 Å². The molecule has 0 aliphatic heterocycles. The van der Waals surface area contributed by atoms with Gasteiger partial charge >= 0.3 is 6.01 Å². The van der Waals surface area contributed by atoms with Crippen molar-refractivity contribution in [3.8, 4) is 11.5 Å². The van der Waals surface area contributed by atoms with E-state index in [-0.39, 0.29) is 30.4 Å². The molecule has 26 heavy (non-hydrogen) atoms. The smallest absolute Gasteiger partial charge is 0.322 e. The van der Waals surface area contributed by atoms with E-state index >= 15 is 0 Å². The molecule has 9 heteroatoms. The van der Waals surface area contributed by atoms with Crippen LogP contribution in [0.4, 0.5) is 6.01 Å². The molecule has 1 amide bonds. The normalized spacial score (nSPS) is 10.9. The van der Waals surface area contributed by atoms with Gasteiger partial charge in [-0.05, 0) is 23.6 Å². The lowest BCUT2D eigenvalue weighted by molar-refractivity contribution is -0.116. The van der Waals surface area contributed by atoms with Gasteiger partial charge < -0.3 is 4.42 Å². The van der Waals surface area contributed by atoms with Crippen LogP contribution in [0.15, 0.2) is 56.6 Å². The molecule has 0 aliphatic rings. The van der Waals surface area contributed by atoms with Crippen LogP contribution in [0.2, 0.25) is 0 Å². The topological polar surface area (TPSA) is 103 Å². The Morgan fingerprint density at radius 1 is 1.23 bits per heavy atom. The largest absolute Gasteiger partial charge is 0.403 e. The van der Waals surface area contributed by atoms with Gasteiger partial charge in [0.25, 0.3) is 11.4 Å². The van der Waals surface area contributed by atoms with Gasteiger partial charge in [0.1, 0.15) is 0 Å². The zero-order valence-corrected chi connectivity index (χ0v) is 14.3. The Morgan fingerprint density at radius 3 is 2.96 bits per heavy atom. The third kappa shape index (κ3) is 3.24. The maximum atomic E-state index is 12.4. The lowest BCUT2D eigenvalue weighted by Gasteiger charge is -2.06. The number of para-hydroxylation sites is 1. The summed E-state index contributed by atoms with van der Waals surface area (Å²) >= 11 is 1.51. The Balaban J connectivity index is 1.41. The van der Waals surface area contributed by atoms with E-state index in [1.54, 1.807) is 18.2 Å². The molecule has 4 rings (SSSR count). The number of rotatable bonds is 5. The quantitative estimate of drug-likeness (QED) is 0.581. The number of fused-ring (bicyclic) bond motifs is 1. The molecule has 0 radical (unpaired) electrons. The van der Waals surface area contributed by atoms with E-state index in [0.717, 1.165) is 5.56 Å². The van der Waals surface area contributed by atoms with Gasteiger partial charge in [-0.15, -0.1) is 5.10 Å². The zero-order chi connectivity index (χ0) is 17.9. The molecule has 8 nitrogen and oxygen atoms in total. The number of aryl methyl sites for hydroxylation is 1. The fraction of sp³-hybridized carbons (Fsp3) is 0.118. The van der Waals surface area contributed by atoms with Crippen LogP contribution in [-0.2, 0) is 11.3 Å². The molecule has 1 N–H and O–H groups in total. The van der Waals surface area contributed by atoms with Gasteiger partial charge in [-0.1, -0.05) is 17.2 Å². The van der Waals surface area contributed by atoms with Crippen LogP contribution >= 0.6 is 11.3 Å². The minimum Gasteiger partial charge on any atom is -0.403 e. The molecular weight excluding hydrogens is 354 g/mol. The second-order valence-electron chi connectivity index (χ2n) is 5.48. The van der Waals surface area contributed by atoms with Gasteiger partial charge in [0.15, 0.2) is 0 Å². The number of amides is 1. The van der Waals surface area contributed by atoms with E-state index in [1.807, 2.05) is 22.9 Å². The summed E-state index contributed by atoms with van der Waals surface area (Å²) < 4.78 is 6.81. The second-order valence-corrected chi connectivity index (χ2v) is 6.26. The summed E-state index contributed by atoms with van der Waals surface area (Å²) in [6.07, 6.45) is 1.52. The summed E-state index contributed by atoms with van der Waals surface area (Å²) in [7, 11) is 0. The van der Waals surface area contributed by atoms with Crippen LogP contribution in [0.5, 0.6) is 0 Å². The SMILES string of the molecule is O=C(CCn1cnc2ccccc2c1=O)Nc1nnc(-c2ccsc2)o1. The van der Waals surface area contributed by atoms with Crippen LogP contribution in [0.3, 0.4) is 0 Å². The van der Waals surface area contributed by atoms with Gasteiger partial charge in [-0.2, -0.15) is 11.3 Å². The van der Waals surface area contributed by atoms with Crippen LogP contribution in [-0.4, -0.2) is 25.7 Å². The Morgan fingerprint density at radius 2 is 2.12 bits per heavy atom. The third-order valence-corrected chi connectivity index (χ3v) is 4.43. The van der Waals surface area contributed by atoms with Crippen LogP contribution in [0.25, 0.3) is 22.4 Å². The molecule has 130 valence electrons. The van der Waals surface area contributed by atoms with Crippen LogP contribution in [0.1, 0.15) is 6.42 Å². The lowest BCUT2D eigenvalue weighted by atomic mass is 10.2. The molecule has 0 atom stereocenters. The summed E-state index contributed by atoms with van der Waals surface area (Å²) in [5.74, 6) is 0.0158. The third-order valence-electron chi connectivity index (χ3n) is 3.75. The predicted octanol–water partition coefficient (Wildman–Crippen LogP) is 2.54. The van der Waals surface area contributed by atoms with E-state index in [0.29, 0.717) is 16.8 Å². The summed E-state index contributed by atoms with van der Waals surface area (Å²) in [5.41, 5.74) is 1.25. The Bertz CT molecular complexity index is 1120. The summed E-state index contributed by atoms with van der Waals surface area (Å²) in [5, 5.41) is 14.5. The molecule has 0 spiro atoms. The van der Waals surface area contributed by atoms with Gasteiger partial charge in [0.05, 0.1) is 17.2 Å². The summed E-state index contributed by atoms with van der Waals surface area (Å²) in [6, 6.07) is 8.97. The minimum atomic E-state index is -0.328. The number of nitrogens with one attached hydrogen (secondary N) is 1. The first-order valence-corrected chi connectivity index (χ1v) is 8.75. The van der Waals surface area contributed by atoms with E-state index in [2.05, 4.69) is 20.5 Å².